The molecule has 3 heterocycles. The van der Waals surface area contributed by atoms with Gasteiger partial charge < -0.3 is 15.1 Å². The minimum absolute atomic E-state index is 0.678. The first-order valence-electron chi connectivity index (χ1n) is 7.06. The standard InChI is InChI=1S/C13H21N7/c1-4-14-13-16-11-10(9-15-19(11)3)12(17-13)20-7-5-18(2)6-8-20/h9H,4-8H2,1-3H3,(H,14,16,17). The Kier molecular flexibility index (Phi) is 3.43. The van der Waals surface area contributed by atoms with Gasteiger partial charge in [0.25, 0.3) is 0 Å². The number of nitrogens with zero attached hydrogens (tertiary/aromatic N) is 6. The fraction of sp³-hybridized carbons (Fsp3) is 0.615. The smallest absolute Gasteiger partial charge is 0.226 e. The van der Waals surface area contributed by atoms with E-state index in [1.807, 2.05) is 20.2 Å². The van der Waals surface area contributed by atoms with Crippen LogP contribution in [-0.4, -0.2) is 64.4 Å². The average Bonchev–Trinajstić information content (AvgIpc) is 2.81. The highest BCUT2D eigenvalue weighted by atomic mass is 15.3. The molecule has 1 fully saturated rings. The Labute approximate surface area is 118 Å². The molecule has 108 valence electrons. The summed E-state index contributed by atoms with van der Waals surface area (Å²) in [6.07, 6.45) is 1.86. The van der Waals surface area contributed by atoms with E-state index in [2.05, 4.69) is 37.2 Å². The molecule has 0 aliphatic carbocycles. The topological polar surface area (TPSA) is 62.1 Å². The van der Waals surface area contributed by atoms with Crippen molar-refractivity contribution < 1.29 is 0 Å². The number of hydrogen-bond acceptors (Lipinski definition) is 6. The van der Waals surface area contributed by atoms with Gasteiger partial charge in [0.05, 0.1) is 11.6 Å². The molecule has 0 atom stereocenters. The largest absolute Gasteiger partial charge is 0.354 e. The van der Waals surface area contributed by atoms with Crippen molar-refractivity contribution in [2.45, 2.75) is 6.92 Å². The number of nitrogens with one attached hydrogen (secondary N) is 1. The minimum Gasteiger partial charge on any atom is -0.354 e. The van der Waals surface area contributed by atoms with Crippen LogP contribution < -0.4 is 10.2 Å². The zero-order chi connectivity index (χ0) is 14.1. The number of rotatable bonds is 3. The molecule has 7 heteroatoms. The Balaban J connectivity index is 2.03. The SMILES string of the molecule is CCNc1nc(N2CCN(C)CC2)c2cnn(C)c2n1. The monoisotopic (exact) mass is 275 g/mol. The summed E-state index contributed by atoms with van der Waals surface area (Å²) in [5.41, 5.74) is 0.880. The third-order valence-electron chi connectivity index (χ3n) is 3.71. The molecule has 1 saturated heterocycles. The zero-order valence-corrected chi connectivity index (χ0v) is 12.3. The van der Waals surface area contributed by atoms with E-state index in [9.17, 15) is 0 Å². The second kappa shape index (κ2) is 5.24. The van der Waals surface area contributed by atoms with Crippen LogP contribution in [0.4, 0.5) is 11.8 Å². The molecule has 0 aromatic carbocycles. The number of piperazine rings is 1. The lowest BCUT2D eigenvalue weighted by Crippen LogP contribution is -2.45. The van der Waals surface area contributed by atoms with Crippen LogP contribution in [0.2, 0.25) is 0 Å². The molecule has 2 aromatic rings. The summed E-state index contributed by atoms with van der Waals surface area (Å²) in [6, 6.07) is 0. The van der Waals surface area contributed by atoms with Crippen LogP contribution >= 0.6 is 0 Å². The molecular formula is C13H21N7. The molecule has 20 heavy (non-hydrogen) atoms. The van der Waals surface area contributed by atoms with Gasteiger partial charge in [0.1, 0.15) is 5.82 Å². The summed E-state index contributed by atoms with van der Waals surface area (Å²) in [5.74, 6) is 1.67. The van der Waals surface area contributed by atoms with Gasteiger partial charge in [0.15, 0.2) is 5.65 Å². The van der Waals surface area contributed by atoms with Crippen molar-refractivity contribution in [3.05, 3.63) is 6.20 Å². The van der Waals surface area contributed by atoms with Crippen molar-refractivity contribution in [3.8, 4) is 0 Å². The van der Waals surface area contributed by atoms with Crippen molar-refractivity contribution in [1.82, 2.24) is 24.6 Å². The van der Waals surface area contributed by atoms with E-state index < -0.39 is 0 Å². The van der Waals surface area contributed by atoms with Gasteiger partial charge in [-0.3, -0.25) is 4.68 Å². The first-order valence-corrected chi connectivity index (χ1v) is 7.06. The quantitative estimate of drug-likeness (QED) is 0.882. The highest BCUT2D eigenvalue weighted by molar-refractivity contribution is 5.88. The van der Waals surface area contributed by atoms with E-state index in [0.717, 1.165) is 49.6 Å². The second-order valence-electron chi connectivity index (χ2n) is 5.20. The van der Waals surface area contributed by atoms with Crippen molar-refractivity contribution >= 4 is 22.8 Å². The Morgan fingerprint density at radius 1 is 1.15 bits per heavy atom. The van der Waals surface area contributed by atoms with E-state index in [0.29, 0.717) is 5.95 Å². The van der Waals surface area contributed by atoms with Gasteiger partial charge >= 0.3 is 0 Å². The average molecular weight is 275 g/mol. The Morgan fingerprint density at radius 2 is 1.90 bits per heavy atom. The fourth-order valence-electron chi connectivity index (χ4n) is 2.50. The lowest BCUT2D eigenvalue weighted by Gasteiger charge is -2.33. The first kappa shape index (κ1) is 13.1. The second-order valence-corrected chi connectivity index (χ2v) is 5.20. The van der Waals surface area contributed by atoms with Crippen molar-refractivity contribution in [2.24, 2.45) is 7.05 Å². The van der Waals surface area contributed by atoms with Crippen LogP contribution in [0, 0.1) is 0 Å². The van der Waals surface area contributed by atoms with E-state index in [4.69, 9.17) is 0 Å². The van der Waals surface area contributed by atoms with Crippen LogP contribution in [0.1, 0.15) is 6.92 Å². The number of likely N-dealkylation sites (N-methyl/N-ethyl adjacent to an activating group) is 1. The van der Waals surface area contributed by atoms with Gasteiger partial charge in [0, 0.05) is 39.8 Å². The molecule has 1 aliphatic heterocycles. The molecule has 0 saturated carbocycles. The normalized spacial score (nSPS) is 16.9. The number of fused-ring (bicyclic) bond motifs is 1. The predicted octanol–water partition coefficient (Wildman–Crippen LogP) is 0.547. The lowest BCUT2D eigenvalue weighted by molar-refractivity contribution is 0.312. The summed E-state index contributed by atoms with van der Waals surface area (Å²) in [4.78, 5) is 13.9. The third-order valence-corrected chi connectivity index (χ3v) is 3.71. The molecule has 0 bridgehead atoms. The summed E-state index contributed by atoms with van der Waals surface area (Å²) >= 11 is 0. The maximum Gasteiger partial charge on any atom is 0.226 e. The van der Waals surface area contributed by atoms with Gasteiger partial charge in [-0.05, 0) is 14.0 Å². The summed E-state index contributed by atoms with van der Waals surface area (Å²) in [7, 11) is 4.07. The van der Waals surface area contributed by atoms with E-state index in [1.165, 1.54) is 0 Å². The fourth-order valence-corrected chi connectivity index (χ4v) is 2.50. The Bertz CT molecular complexity index is 598. The van der Waals surface area contributed by atoms with E-state index >= 15 is 0 Å². The summed E-state index contributed by atoms with van der Waals surface area (Å²) in [6.45, 7) is 6.95. The predicted molar refractivity (Wildman–Crippen MR) is 80.2 cm³/mol. The van der Waals surface area contributed by atoms with Gasteiger partial charge in [0.2, 0.25) is 5.95 Å². The van der Waals surface area contributed by atoms with Gasteiger partial charge in [-0.15, -0.1) is 0 Å². The highest BCUT2D eigenvalue weighted by Crippen LogP contribution is 2.25. The van der Waals surface area contributed by atoms with Gasteiger partial charge in [-0.1, -0.05) is 0 Å². The van der Waals surface area contributed by atoms with Crippen LogP contribution in [0.25, 0.3) is 11.0 Å². The molecule has 1 N–H and O–H groups in total. The summed E-state index contributed by atoms with van der Waals surface area (Å²) < 4.78 is 1.80. The lowest BCUT2D eigenvalue weighted by atomic mass is 10.3. The molecular weight excluding hydrogens is 254 g/mol. The molecule has 1 aliphatic rings. The highest BCUT2D eigenvalue weighted by Gasteiger charge is 2.20. The molecule has 0 spiro atoms. The van der Waals surface area contributed by atoms with Crippen molar-refractivity contribution in [2.75, 3.05) is 50.0 Å². The third kappa shape index (κ3) is 2.29. The minimum atomic E-state index is 0.678. The maximum atomic E-state index is 4.68. The molecule has 3 rings (SSSR count). The van der Waals surface area contributed by atoms with Gasteiger partial charge in [-0.2, -0.15) is 15.1 Å². The number of hydrogen-bond donors (Lipinski definition) is 1. The van der Waals surface area contributed by atoms with Crippen LogP contribution in [0.5, 0.6) is 0 Å². The van der Waals surface area contributed by atoms with E-state index in [-0.39, 0.29) is 0 Å². The Morgan fingerprint density at radius 3 is 2.60 bits per heavy atom. The molecule has 2 aromatic heterocycles. The van der Waals surface area contributed by atoms with Crippen molar-refractivity contribution in [3.63, 3.8) is 0 Å². The van der Waals surface area contributed by atoms with Gasteiger partial charge in [-0.25, -0.2) is 0 Å². The van der Waals surface area contributed by atoms with Crippen LogP contribution in [0.15, 0.2) is 6.20 Å². The Hall–Kier alpha value is -1.89. The van der Waals surface area contributed by atoms with Crippen molar-refractivity contribution in [1.29, 1.82) is 0 Å². The zero-order valence-electron chi connectivity index (χ0n) is 12.3. The first-order chi connectivity index (χ1) is 9.69. The number of aryl methyl sites for hydroxylation is 1. The number of aromatic nitrogens is 4. The molecule has 0 unspecified atom stereocenters. The summed E-state index contributed by atoms with van der Waals surface area (Å²) in [5, 5.41) is 8.55. The number of anilines is 2. The molecule has 7 nitrogen and oxygen atoms in total. The van der Waals surface area contributed by atoms with E-state index in [1.54, 1.807) is 4.68 Å². The molecule has 0 radical (unpaired) electrons. The molecule has 0 amide bonds. The maximum absolute atomic E-state index is 4.68. The van der Waals surface area contributed by atoms with Crippen LogP contribution in [-0.2, 0) is 7.05 Å². The van der Waals surface area contributed by atoms with Crippen LogP contribution in [0.3, 0.4) is 0 Å².